The van der Waals surface area contributed by atoms with Crippen molar-refractivity contribution < 1.29 is 4.79 Å². The van der Waals surface area contributed by atoms with Crippen LogP contribution in [-0.2, 0) is 6.54 Å². The van der Waals surface area contributed by atoms with Gasteiger partial charge in [-0.1, -0.05) is 18.2 Å². The summed E-state index contributed by atoms with van der Waals surface area (Å²) in [5, 5.41) is 8.04. The van der Waals surface area contributed by atoms with E-state index in [1.807, 2.05) is 35.7 Å². The highest BCUT2D eigenvalue weighted by Gasteiger charge is 2.10. The number of hydrogen-bond acceptors (Lipinski definition) is 3. The lowest BCUT2D eigenvalue weighted by atomic mass is 10.2. The summed E-state index contributed by atoms with van der Waals surface area (Å²) in [4.78, 5) is 13.2. The van der Waals surface area contributed by atoms with Gasteiger partial charge in [0, 0.05) is 8.45 Å². The SMILES string of the molecule is O=C(NC(=S)NCc1cccs1)c1ccccc1I. The summed E-state index contributed by atoms with van der Waals surface area (Å²) in [7, 11) is 0. The molecule has 1 aromatic heterocycles. The molecule has 0 saturated carbocycles. The van der Waals surface area contributed by atoms with Gasteiger partial charge in [0.25, 0.3) is 5.91 Å². The summed E-state index contributed by atoms with van der Waals surface area (Å²) in [5.41, 5.74) is 0.628. The summed E-state index contributed by atoms with van der Waals surface area (Å²) in [6.07, 6.45) is 0. The number of thiocarbonyl (C=S) groups is 1. The quantitative estimate of drug-likeness (QED) is 0.612. The molecular formula is C13H11IN2OS2. The third-order valence-corrected chi connectivity index (χ3v) is 4.41. The Bertz CT molecular complexity index is 584. The Kier molecular flexibility index (Phi) is 5.29. The number of rotatable bonds is 3. The standard InChI is InChI=1S/C13H11IN2OS2/c14-11-6-2-1-5-10(11)12(17)16-13(18)15-8-9-4-3-7-19-9/h1-7H,8H2,(H2,15,16,17,18). The molecule has 0 spiro atoms. The molecule has 0 bridgehead atoms. The van der Waals surface area contributed by atoms with E-state index >= 15 is 0 Å². The first kappa shape index (κ1) is 14.4. The van der Waals surface area contributed by atoms with Gasteiger partial charge in [-0.15, -0.1) is 11.3 Å². The summed E-state index contributed by atoms with van der Waals surface area (Å²) in [5.74, 6) is -0.186. The van der Waals surface area contributed by atoms with Crippen molar-refractivity contribution in [3.05, 3.63) is 55.8 Å². The topological polar surface area (TPSA) is 41.1 Å². The second kappa shape index (κ2) is 6.97. The average Bonchev–Trinajstić information content (AvgIpc) is 2.90. The largest absolute Gasteiger partial charge is 0.357 e. The summed E-state index contributed by atoms with van der Waals surface area (Å²) < 4.78 is 0.902. The van der Waals surface area contributed by atoms with Crippen LogP contribution in [0.15, 0.2) is 41.8 Å². The normalized spacial score (nSPS) is 9.95. The lowest BCUT2D eigenvalue weighted by Gasteiger charge is -2.09. The molecule has 0 atom stereocenters. The van der Waals surface area contributed by atoms with Crippen molar-refractivity contribution in [2.75, 3.05) is 0 Å². The summed E-state index contributed by atoms with van der Waals surface area (Å²) >= 11 is 8.88. The Balaban J connectivity index is 1.89. The minimum absolute atomic E-state index is 0.186. The summed E-state index contributed by atoms with van der Waals surface area (Å²) in [6, 6.07) is 11.4. The van der Waals surface area contributed by atoms with Crippen LogP contribution in [0.25, 0.3) is 0 Å². The van der Waals surface area contributed by atoms with Crippen LogP contribution in [0, 0.1) is 3.57 Å². The van der Waals surface area contributed by atoms with E-state index in [4.69, 9.17) is 12.2 Å². The van der Waals surface area contributed by atoms with Crippen molar-refractivity contribution in [2.45, 2.75) is 6.54 Å². The van der Waals surface area contributed by atoms with Crippen LogP contribution in [0.4, 0.5) is 0 Å². The van der Waals surface area contributed by atoms with E-state index in [0.717, 1.165) is 3.57 Å². The fraction of sp³-hybridized carbons (Fsp3) is 0.0769. The lowest BCUT2D eigenvalue weighted by Crippen LogP contribution is -2.39. The molecule has 0 aliphatic carbocycles. The number of thiophene rings is 1. The van der Waals surface area contributed by atoms with Crippen LogP contribution in [0.5, 0.6) is 0 Å². The molecule has 0 aliphatic rings. The highest BCUT2D eigenvalue weighted by molar-refractivity contribution is 14.1. The van der Waals surface area contributed by atoms with Crippen molar-refractivity contribution in [3.8, 4) is 0 Å². The number of carbonyl (C=O) groups excluding carboxylic acids is 1. The van der Waals surface area contributed by atoms with Crippen LogP contribution >= 0.6 is 46.1 Å². The van der Waals surface area contributed by atoms with Crippen LogP contribution in [0.3, 0.4) is 0 Å². The lowest BCUT2D eigenvalue weighted by molar-refractivity contribution is 0.0976. The Labute approximate surface area is 134 Å². The molecule has 0 radical (unpaired) electrons. The van der Waals surface area contributed by atoms with E-state index in [0.29, 0.717) is 17.2 Å². The van der Waals surface area contributed by atoms with Crippen molar-refractivity contribution in [3.63, 3.8) is 0 Å². The molecule has 0 saturated heterocycles. The molecule has 1 aromatic carbocycles. The fourth-order valence-electron chi connectivity index (χ4n) is 1.44. The van der Waals surface area contributed by atoms with E-state index < -0.39 is 0 Å². The van der Waals surface area contributed by atoms with E-state index in [9.17, 15) is 4.79 Å². The van der Waals surface area contributed by atoms with Gasteiger partial charge in [0.15, 0.2) is 5.11 Å². The number of halogens is 1. The minimum atomic E-state index is -0.186. The van der Waals surface area contributed by atoms with Crippen molar-refractivity contribution in [1.82, 2.24) is 10.6 Å². The van der Waals surface area contributed by atoms with Gasteiger partial charge in [0.2, 0.25) is 0 Å². The number of benzene rings is 1. The monoisotopic (exact) mass is 402 g/mol. The molecular weight excluding hydrogens is 391 g/mol. The van der Waals surface area contributed by atoms with Crippen LogP contribution in [0.2, 0.25) is 0 Å². The molecule has 3 nitrogen and oxygen atoms in total. The van der Waals surface area contributed by atoms with Gasteiger partial charge in [0.05, 0.1) is 12.1 Å². The van der Waals surface area contributed by atoms with Crippen molar-refractivity contribution in [2.24, 2.45) is 0 Å². The molecule has 2 aromatic rings. The molecule has 19 heavy (non-hydrogen) atoms. The Morgan fingerprint density at radius 3 is 2.74 bits per heavy atom. The highest BCUT2D eigenvalue weighted by atomic mass is 127. The Hall–Kier alpha value is -0.990. The van der Waals surface area contributed by atoms with Gasteiger partial charge < -0.3 is 5.32 Å². The Morgan fingerprint density at radius 1 is 1.26 bits per heavy atom. The Morgan fingerprint density at radius 2 is 2.05 bits per heavy atom. The molecule has 2 N–H and O–H groups in total. The molecule has 2 rings (SSSR count). The van der Waals surface area contributed by atoms with Gasteiger partial charge in [-0.05, 0) is 58.4 Å². The highest BCUT2D eigenvalue weighted by Crippen LogP contribution is 2.11. The van der Waals surface area contributed by atoms with Crippen LogP contribution in [-0.4, -0.2) is 11.0 Å². The van der Waals surface area contributed by atoms with Gasteiger partial charge in [-0.2, -0.15) is 0 Å². The van der Waals surface area contributed by atoms with Gasteiger partial charge in [0.1, 0.15) is 0 Å². The zero-order chi connectivity index (χ0) is 13.7. The first-order chi connectivity index (χ1) is 9.16. The predicted molar refractivity (Wildman–Crippen MR) is 90.4 cm³/mol. The molecule has 0 aliphatic heterocycles. The molecule has 1 amide bonds. The maximum Gasteiger partial charge on any atom is 0.258 e. The summed E-state index contributed by atoms with van der Waals surface area (Å²) in [6.45, 7) is 0.628. The average molecular weight is 402 g/mol. The van der Waals surface area contributed by atoms with E-state index in [2.05, 4.69) is 33.2 Å². The van der Waals surface area contributed by atoms with E-state index in [-0.39, 0.29) is 5.91 Å². The van der Waals surface area contributed by atoms with E-state index in [1.165, 1.54) is 4.88 Å². The van der Waals surface area contributed by atoms with Gasteiger partial charge in [-0.3, -0.25) is 10.1 Å². The van der Waals surface area contributed by atoms with Gasteiger partial charge in [-0.25, -0.2) is 0 Å². The second-order valence-corrected chi connectivity index (χ2v) is 6.30. The maximum absolute atomic E-state index is 12.0. The molecule has 0 unspecified atom stereocenters. The van der Waals surface area contributed by atoms with Crippen molar-refractivity contribution in [1.29, 1.82) is 0 Å². The number of amides is 1. The van der Waals surface area contributed by atoms with Crippen molar-refractivity contribution >= 4 is 57.2 Å². The third kappa shape index (κ3) is 4.26. The first-order valence-electron chi connectivity index (χ1n) is 5.53. The molecule has 6 heteroatoms. The molecule has 98 valence electrons. The van der Waals surface area contributed by atoms with E-state index in [1.54, 1.807) is 17.4 Å². The second-order valence-electron chi connectivity index (χ2n) is 3.70. The molecule has 1 heterocycles. The zero-order valence-electron chi connectivity index (χ0n) is 9.85. The minimum Gasteiger partial charge on any atom is -0.357 e. The van der Waals surface area contributed by atoms with Crippen LogP contribution in [0.1, 0.15) is 15.2 Å². The molecule has 0 fully saturated rings. The third-order valence-electron chi connectivity index (χ3n) is 2.35. The zero-order valence-corrected chi connectivity index (χ0v) is 13.6. The number of nitrogens with one attached hydrogen (secondary N) is 2. The first-order valence-corrected chi connectivity index (χ1v) is 7.89. The van der Waals surface area contributed by atoms with Gasteiger partial charge >= 0.3 is 0 Å². The maximum atomic E-state index is 12.0. The van der Waals surface area contributed by atoms with Crippen LogP contribution < -0.4 is 10.6 Å². The predicted octanol–water partition coefficient (Wildman–Crippen LogP) is 3.16. The smallest absolute Gasteiger partial charge is 0.258 e. The number of carbonyl (C=O) groups is 1. The number of hydrogen-bond donors (Lipinski definition) is 2. The fourth-order valence-corrected chi connectivity index (χ4v) is 2.88.